The van der Waals surface area contributed by atoms with Gasteiger partial charge in [0.15, 0.2) is 0 Å². The van der Waals surface area contributed by atoms with Crippen LogP contribution >= 0.6 is 0 Å². The van der Waals surface area contributed by atoms with Crippen molar-refractivity contribution >= 4 is 10.0 Å². The second-order valence-electron chi connectivity index (χ2n) is 5.31. The van der Waals surface area contributed by atoms with Crippen molar-refractivity contribution in [1.29, 1.82) is 0 Å². The van der Waals surface area contributed by atoms with E-state index in [-0.39, 0.29) is 11.1 Å². The first-order chi connectivity index (χ1) is 9.98. The van der Waals surface area contributed by atoms with Gasteiger partial charge in [0.25, 0.3) is 10.0 Å². The predicted octanol–water partition coefficient (Wildman–Crippen LogP) is 0.464. The van der Waals surface area contributed by atoms with Gasteiger partial charge in [-0.3, -0.25) is 9.36 Å². The van der Waals surface area contributed by atoms with E-state index in [1.807, 2.05) is 13.2 Å². The lowest BCUT2D eigenvalue weighted by Crippen LogP contribution is -2.38. The van der Waals surface area contributed by atoms with E-state index in [0.717, 1.165) is 24.8 Å². The van der Waals surface area contributed by atoms with Crippen molar-refractivity contribution in [3.8, 4) is 0 Å². The molecule has 9 heteroatoms. The molecular weight excluding hydrogens is 292 g/mol. The Morgan fingerprint density at radius 3 is 2.62 bits per heavy atom. The van der Waals surface area contributed by atoms with E-state index in [9.17, 15) is 8.42 Å². The predicted molar refractivity (Wildman–Crippen MR) is 74.7 cm³/mol. The van der Waals surface area contributed by atoms with Crippen LogP contribution in [-0.2, 0) is 24.1 Å². The molecule has 1 unspecified atom stereocenters. The molecule has 0 amide bonds. The van der Waals surface area contributed by atoms with Gasteiger partial charge < -0.3 is 0 Å². The Morgan fingerprint density at radius 1 is 1.19 bits per heavy atom. The standard InChI is InChI=1S/C12H18N6O2S/c1-16-8-10(7-13-16)11-5-3-4-6-18(11)21(19,20)12-9-17(2)15-14-12/h7-9,11H,3-6H2,1-2H3. The Bertz CT molecular complexity index is 735. The van der Waals surface area contributed by atoms with Crippen molar-refractivity contribution in [2.45, 2.75) is 30.3 Å². The lowest BCUT2D eigenvalue weighted by Gasteiger charge is -2.33. The third-order valence-electron chi connectivity index (χ3n) is 3.72. The summed E-state index contributed by atoms with van der Waals surface area (Å²) in [6.45, 7) is 0.498. The van der Waals surface area contributed by atoms with Crippen LogP contribution in [-0.4, -0.2) is 44.0 Å². The number of sulfonamides is 1. The van der Waals surface area contributed by atoms with E-state index in [0.29, 0.717) is 6.54 Å². The minimum Gasteiger partial charge on any atom is -0.275 e. The molecular formula is C12H18N6O2S. The maximum absolute atomic E-state index is 12.8. The topological polar surface area (TPSA) is 85.9 Å². The molecule has 8 nitrogen and oxygen atoms in total. The SMILES string of the molecule is Cn1cc(C2CCCCN2S(=O)(=O)c2cn(C)nn2)cn1. The zero-order valence-electron chi connectivity index (χ0n) is 12.0. The first-order valence-corrected chi connectivity index (χ1v) is 8.29. The van der Waals surface area contributed by atoms with E-state index in [2.05, 4.69) is 15.4 Å². The van der Waals surface area contributed by atoms with Gasteiger partial charge in [-0.05, 0) is 12.8 Å². The van der Waals surface area contributed by atoms with E-state index in [1.54, 1.807) is 17.9 Å². The van der Waals surface area contributed by atoms with Gasteiger partial charge in [0.1, 0.15) is 0 Å². The fourth-order valence-electron chi connectivity index (χ4n) is 2.70. The molecule has 3 rings (SSSR count). The van der Waals surface area contributed by atoms with Crippen molar-refractivity contribution < 1.29 is 8.42 Å². The molecule has 0 radical (unpaired) electrons. The molecule has 1 atom stereocenters. The molecule has 114 valence electrons. The third-order valence-corrected chi connectivity index (χ3v) is 5.49. The van der Waals surface area contributed by atoms with Gasteiger partial charge in [0.05, 0.1) is 18.4 Å². The number of hydrogen-bond donors (Lipinski definition) is 0. The maximum atomic E-state index is 12.8. The quantitative estimate of drug-likeness (QED) is 0.822. The Kier molecular flexibility index (Phi) is 3.54. The average molecular weight is 310 g/mol. The molecule has 0 saturated carbocycles. The van der Waals surface area contributed by atoms with Gasteiger partial charge in [-0.15, -0.1) is 5.10 Å². The fourth-order valence-corrected chi connectivity index (χ4v) is 4.30. The van der Waals surface area contributed by atoms with Crippen LogP contribution < -0.4 is 0 Å². The van der Waals surface area contributed by atoms with Gasteiger partial charge >= 0.3 is 0 Å². The summed E-state index contributed by atoms with van der Waals surface area (Å²) in [6, 6.07) is -0.181. The van der Waals surface area contributed by atoms with E-state index in [1.165, 1.54) is 15.2 Å². The summed E-state index contributed by atoms with van der Waals surface area (Å²) in [5.41, 5.74) is 0.921. The number of hydrogen-bond acceptors (Lipinski definition) is 5. The molecule has 0 N–H and O–H groups in total. The maximum Gasteiger partial charge on any atom is 0.264 e. The Morgan fingerprint density at radius 2 is 2.00 bits per heavy atom. The monoisotopic (exact) mass is 310 g/mol. The summed E-state index contributed by atoms with van der Waals surface area (Å²) in [5, 5.41) is 11.6. The highest BCUT2D eigenvalue weighted by molar-refractivity contribution is 7.89. The lowest BCUT2D eigenvalue weighted by atomic mass is 10.0. The summed E-state index contributed by atoms with van der Waals surface area (Å²) in [5.74, 6) is 0. The Balaban J connectivity index is 1.97. The molecule has 3 heterocycles. The first kappa shape index (κ1) is 14.2. The molecule has 2 aromatic rings. The van der Waals surface area contributed by atoms with Gasteiger partial charge in [0, 0.05) is 32.4 Å². The highest BCUT2D eigenvalue weighted by Gasteiger charge is 2.36. The van der Waals surface area contributed by atoms with Crippen LogP contribution in [0.2, 0.25) is 0 Å². The largest absolute Gasteiger partial charge is 0.275 e. The number of piperidine rings is 1. The van der Waals surface area contributed by atoms with Crippen LogP contribution in [0.15, 0.2) is 23.6 Å². The summed E-state index contributed by atoms with van der Waals surface area (Å²) in [6.07, 6.45) is 7.70. The van der Waals surface area contributed by atoms with Crippen LogP contribution in [0.3, 0.4) is 0 Å². The van der Waals surface area contributed by atoms with Gasteiger partial charge in [-0.25, -0.2) is 8.42 Å². The molecule has 1 saturated heterocycles. The minimum atomic E-state index is -3.63. The summed E-state index contributed by atoms with van der Waals surface area (Å²) in [4.78, 5) is 0. The summed E-state index contributed by atoms with van der Waals surface area (Å²) < 4.78 is 30.2. The second-order valence-corrected chi connectivity index (χ2v) is 7.14. The molecule has 1 fully saturated rings. The van der Waals surface area contributed by atoms with Crippen molar-refractivity contribution in [3.05, 3.63) is 24.2 Å². The fraction of sp³-hybridized carbons (Fsp3) is 0.583. The second kappa shape index (κ2) is 5.23. The normalized spacial score (nSPS) is 20.8. The molecule has 0 aromatic carbocycles. The minimum absolute atomic E-state index is 0.000732. The van der Waals surface area contributed by atoms with Crippen molar-refractivity contribution in [2.75, 3.05) is 6.54 Å². The van der Waals surface area contributed by atoms with Crippen LogP contribution in [0.1, 0.15) is 30.9 Å². The highest BCUT2D eigenvalue weighted by Crippen LogP contribution is 2.34. The third kappa shape index (κ3) is 2.58. The summed E-state index contributed by atoms with van der Waals surface area (Å²) in [7, 11) is -0.147. The van der Waals surface area contributed by atoms with Gasteiger partial charge in [-0.1, -0.05) is 11.6 Å². The molecule has 1 aliphatic heterocycles. The number of aryl methyl sites for hydroxylation is 2. The summed E-state index contributed by atoms with van der Waals surface area (Å²) >= 11 is 0. The molecule has 0 aliphatic carbocycles. The van der Waals surface area contributed by atoms with Crippen LogP contribution in [0.5, 0.6) is 0 Å². The number of rotatable bonds is 3. The highest BCUT2D eigenvalue weighted by atomic mass is 32.2. The molecule has 0 spiro atoms. The Labute approximate surface area is 123 Å². The van der Waals surface area contributed by atoms with Crippen molar-refractivity contribution in [2.24, 2.45) is 14.1 Å². The van der Waals surface area contributed by atoms with Crippen LogP contribution in [0.25, 0.3) is 0 Å². The van der Waals surface area contributed by atoms with Gasteiger partial charge in [0.2, 0.25) is 5.03 Å². The van der Waals surface area contributed by atoms with E-state index in [4.69, 9.17) is 0 Å². The zero-order chi connectivity index (χ0) is 15.0. The Hall–Kier alpha value is -1.74. The smallest absolute Gasteiger partial charge is 0.264 e. The van der Waals surface area contributed by atoms with Gasteiger partial charge in [-0.2, -0.15) is 9.40 Å². The molecule has 1 aliphatic rings. The first-order valence-electron chi connectivity index (χ1n) is 6.85. The van der Waals surface area contributed by atoms with Crippen LogP contribution in [0.4, 0.5) is 0 Å². The van der Waals surface area contributed by atoms with E-state index >= 15 is 0 Å². The molecule has 0 bridgehead atoms. The number of nitrogens with zero attached hydrogens (tertiary/aromatic N) is 6. The molecule has 21 heavy (non-hydrogen) atoms. The number of aromatic nitrogens is 5. The van der Waals surface area contributed by atoms with Crippen LogP contribution in [0, 0.1) is 0 Å². The lowest BCUT2D eigenvalue weighted by molar-refractivity contribution is 0.255. The van der Waals surface area contributed by atoms with Crippen molar-refractivity contribution in [3.63, 3.8) is 0 Å². The molecule has 2 aromatic heterocycles. The van der Waals surface area contributed by atoms with Crippen molar-refractivity contribution in [1.82, 2.24) is 29.1 Å². The van der Waals surface area contributed by atoms with E-state index < -0.39 is 10.0 Å². The average Bonchev–Trinajstić information content (AvgIpc) is 3.08. The zero-order valence-corrected chi connectivity index (χ0v) is 12.9.